The zero-order valence-corrected chi connectivity index (χ0v) is 17.9. The molecule has 0 N–H and O–H groups in total. The maximum absolute atomic E-state index is 12.9. The van der Waals surface area contributed by atoms with Crippen molar-refractivity contribution < 1.29 is 31.1 Å². The van der Waals surface area contributed by atoms with E-state index in [0.29, 0.717) is 0 Å². The molecule has 0 radical (unpaired) electrons. The van der Waals surface area contributed by atoms with Crippen LogP contribution in [0.1, 0.15) is 26.6 Å². The van der Waals surface area contributed by atoms with Gasteiger partial charge >= 0.3 is 12.3 Å². The molecule has 13 heteroatoms. The molecule has 1 aromatic rings. The second-order valence-electron chi connectivity index (χ2n) is 7.67. The predicted molar refractivity (Wildman–Crippen MR) is 101 cm³/mol. The van der Waals surface area contributed by atoms with Crippen LogP contribution in [0.2, 0.25) is 5.15 Å². The summed E-state index contributed by atoms with van der Waals surface area (Å²) < 4.78 is 68.9. The zero-order chi connectivity index (χ0) is 22.2. The van der Waals surface area contributed by atoms with E-state index in [1.165, 1.54) is 16.8 Å². The van der Waals surface area contributed by atoms with Gasteiger partial charge in [0.15, 0.2) is 9.84 Å². The molecule has 29 heavy (non-hydrogen) atoms. The van der Waals surface area contributed by atoms with Crippen molar-refractivity contribution in [1.82, 2.24) is 14.9 Å². The highest BCUT2D eigenvalue weighted by molar-refractivity contribution is 7.92. The molecule has 2 rings (SSSR count). The number of ether oxygens (including phenoxy) is 1. The summed E-state index contributed by atoms with van der Waals surface area (Å²) in [5, 5.41) is -1.45. The number of nitrogens with zero attached hydrogens (tertiary/aromatic N) is 4. The quantitative estimate of drug-likeness (QED) is 0.643. The Hall–Kier alpha value is -1.82. The number of amides is 1. The predicted octanol–water partition coefficient (Wildman–Crippen LogP) is 2.62. The van der Waals surface area contributed by atoms with Gasteiger partial charge in [-0.15, -0.1) is 0 Å². The van der Waals surface area contributed by atoms with Crippen LogP contribution in [0.25, 0.3) is 0 Å². The molecule has 164 valence electrons. The fourth-order valence-corrected chi connectivity index (χ4v) is 4.49. The maximum Gasteiger partial charge on any atom is 0.451 e. The van der Waals surface area contributed by atoms with Crippen LogP contribution < -0.4 is 4.90 Å². The van der Waals surface area contributed by atoms with Gasteiger partial charge in [-0.3, -0.25) is 0 Å². The standard InChI is InChI=1S/C16H22ClF3N4O4S/c1-15(2,3)28-14(25)24-5-6-29(26,27)10(9-24)8-23(4)12-7-11(17)21-13(22-12)16(18,19)20/h7,10H,5-6,8-9H2,1-4H3. The van der Waals surface area contributed by atoms with Crippen LogP contribution in [0.5, 0.6) is 0 Å². The van der Waals surface area contributed by atoms with Crippen molar-refractivity contribution in [3.8, 4) is 0 Å². The van der Waals surface area contributed by atoms with Gasteiger partial charge in [0.1, 0.15) is 16.6 Å². The van der Waals surface area contributed by atoms with Crippen LogP contribution in [0.3, 0.4) is 0 Å². The molecule has 0 aromatic carbocycles. The molecule has 8 nitrogen and oxygen atoms in total. The number of hydrogen-bond acceptors (Lipinski definition) is 7. The Morgan fingerprint density at radius 2 is 1.97 bits per heavy atom. The molecule has 1 aromatic heterocycles. The van der Waals surface area contributed by atoms with Gasteiger partial charge in [0.25, 0.3) is 0 Å². The first-order valence-corrected chi connectivity index (χ1v) is 10.7. The summed E-state index contributed by atoms with van der Waals surface area (Å²) in [5.41, 5.74) is -0.745. The molecule has 1 aliphatic heterocycles. The minimum absolute atomic E-state index is 0.0188. The Morgan fingerprint density at radius 3 is 2.52 bits per heavy atom. The molecule has 0 saturated carbocycles. The lowest BCUT2D eigenvalue weighted by molar-refractivity contribution is -0.144. The minimum Gasteiger partial charge on any atom is -0.444 e. The van der Waals surface area contributed by atoms with Crippen molar-refractivity contribution in [2.24, 2.45) is 0 Å². The Bertz CT molecular complexity index is 874. The second kappa shape index (κ2) is 8.13. The highest BCUT2D eigenvalue weighted by atomic mass is 35.5. The molecule has 1 fully saturated rings. The van der Waals surface area contributed by atoms with E-state index in [-0.39, 0.29) is 31.2 Å². The van der Waals surface area contributed by atoms with Crippen LogP contribution in [0.15, 0.2) is 6.07 Å². The second-order valence-corrected chi connectivity index (χ2v) is 10.5. The van der Waals surface area contributed by atoms with Gasteiger partial charge in [0, 0.05) is 32.7 Å². The van der Waals surface area contributed by atoms with Gasteiger partial charge in [0.2, 0.25) is 5.82 Å². The van der Waals surface area contributed by atoms with Crippen molar-refractivity contribution in [3.05, 3.63) is 17.0 Å². The highest BCUT2D eigenvalue weighted by Gasteiger charge is 2.38. The van der Waals surface area contributed by atoms with Crippen molar-refractivity contribution >= 4 is 33.3 Å². The molecule has 1 saturated heterocycles. The van der Waals surface area contributed by atoms with E-state index in [1.807, 2.05) is 0 Å². The number of carbonyl (C=O) groups excluding carboxylic acids is 1. The summed E-state index contributed by atoms with van der Waals surface area (Å²) in [4.78, 5) is 21.3. The molecule has 0 spiro atoms. The highest BCUT2D eigenvalue weighted by Crippen LogP contribution is 2.29. The average Bonchev–Trinajstić information content (AvgIpc) is 2.53. The maximum atomic E-state index is 12.9. The Morgan fingerprint density at radius 1 is 1.34 bits per heavy atom. The smallest absolute Gasteiger partial charge is 0.444 e. The Kier molecular flexibility index (Phi) is 6.58. The minimum atomic E-state index is -4.80. The molecular weight excluding hydrogens is 437 g/mol. The number of alkyl halides is 3. The first-order valence-electron chi connectivity index (χ1n) is 8.61. The Labute approximate surface area is 171 Å². The lowest BCUT2D eigenvalue weighted by atomic mass is 10.2. The van der Waals surface area contributed by atoms with Crippen molar-refractivity contribution in [2.75, 3.05) is 37.3 Å². The number of aromatic nitrogens is 2. The summed E-state index contributed by atoms with van der Waals surface area (Å²) >= 11 is 5.66. The topological polar surface area (TPSA) is 92.7 Å². The summed E-state index contributed by atoms with van der Waals surface area (Å²) in [6.45, 7) is 4.71. The molecule has 0 aliphatic carbocycles. The lowest BCUT2D eigenvalue weighted by Crippen LogP contribution is -2.53. The first-order chi connectivity index (χ1) is 13.1. The van der Waals surface area contributed by atoms with E-state index >= 15 is 0 Å². The average molecular weight is 459 g/mol. The summed E-state index contributed by atoms with van der Waals surface area (Å²) in [6, 6.07) is 1.11. The van der Waals surface area contributed by atoms with E-state index in [9.17, 15) is 26.4 Å². The van der Waals surface area contributed by atoms with Crippen molar-refractivity contribution in [3.63, 3.8) is 0 Å². The van der Waals surface area contributed by atoms with Crippen LogP contribution in [0, 0.1) is 0 Å². The van der Waals surface area contributed by atoms with E-state index in [4.69, 9.17) is 16.3 Å². The first kappa shape index (κ1) is 23.5. The number of sulfone groups is 1. The number of rotatable bonds is 3. The van der Waals surface area contributed by atoms with Crippen molar-refractivity contribution in [1.29, 1.82) is 0 Å². The van der Waals surface area contributed by atoms with Gasteiger partial charge in [-0.1, -0.05) is 11.6 Å². The number of anilines is 1. The molecule has 2 heterocycles. The van der Waals surface area contributed by atoms with Gasteiger partial charge in [-0.2, -0.15) is 13.2 Å². The summed E-state index contributed by atoms with van der Waals surface area (Å²) in [7, 11) is -2.19. The molecule has 1 aliphatic rings. The normalized spacial score (nSPS) is 19.7. The Balaban J connectivity index is 2.20. The van der Waals surface area contributed by atoms with Crippen LogP contribution in [0.4, 0.5) is 23.8 Å². The molecule has 1 amide bonds. The van der Waals surface area contributed by atoms with Crippen molar-refractivity contribution in [2.45, 2.75) is 37.8 Å². The fourth-order valence-electron chi connectivity index (χ4n) is 2.65. The number of hydrogen-bond donors (Lipinski definition) is 0. The molecule has 1 unspecified atom stereocenters. The molecular formula is C16H22ClF3N4O4S. The van der Waals surface area contributed by atoms with E-state index < -0.39 is 43.9 Å². The van der Waals surface area contributed by atoms with Gasteiger partial charge < -0.3 is 14.5 Å². The van der Waals surface area contributed by atoms with E-state index in [2.05, 4.69) is 9.97 Å². The largest absolute Gasteiger partial charge is 0.451 e. The van der Waals surface area contributed by atoms with Crippen LogP contribution >= 0.6 is 11.6 Å². The third-order valence-corrected chi connectivity index (χ3v) is 6.29. The monoisotopic (exact) mass is 458 g/mol. The van der Waals surface area contributed by atoms with Gasteiger partial charge in [-0.25, -0.2) is 23.2 Å². The van der Waals surface area contributed by atoms with E-state index in [0.717, 1.165) is 6.07 Å². The van der Waals surface area contributed by atoms with Crippen LogP contribution in [-0.2, 0) is 20.8 Å². The third kappa shape index (κ3) is 6.33. The third-order valence-electron chi connectivity index (χ3n) is 4.03. The fraction of sp³-hybridized carbons (Fsp3) is 0.688. The summed E-state index contributed by atoms with van der Waals surface area (Å²) in [5.74, 6) is -1.88. The zero-order valence-electron chi connectivity index (χ0n) is 16.3. The van der Waals surface area contributed by atoms with Crippen LogP contribution in [-0.4, -0.2) is 72.7 Å². The van der Waals surface area contributed by atoms with E-state index in [1.54, 1.807) is 20.8 Å². The number of carbonyl (C=O) groups is 1. The van der Waals surface area contributed by atoms with Gasteiger partial charge in [0.05, 0.1) is 11.0 Å². The number of halogens is 4. The van der Waals surface area contributed by atoms with Gasteiger partial charge in [-0.05, 0) is 20.8 Å². The summed E-state index contributed by atoms with van der Waals surface area (Å²) in [6.07, 6.45) is -5.45. The lowest BCUT2D eigenvalue weighted by Gasteiger charge is -2.35. The molecule has 1 atom stereocenters. The molecule has 0 bridgehead atoms. The SMILES string of the molecule is CN(CC1CN(C(=O)OC(C)(C)C)CCS1(=O)=O)c1cc(Cl)nc(C(F)(F)F)n1.